The van der Waals surface area contributed by atoms with Crippen LogP contribution in [-0.2, 0) is 11.3 Å². The quantitative estimate of drug-likeness (QED) is 0.394. The molecule has 8 heteroatoms. The number of aromatic nitrogens is 1. The van der Waals surface area contributed by atoms with Crippen molar-refractivity contribution in [2.45, 2.75) is 6.54 Å². The van der Waals surface area contributed by atoms with Crippen molar-refractivity contribution < 1.29 is 14.5 Å². The summed E-state index contributed by atoms with van der Waals surface area (Å²) in [6.45, 7) is 0.468. The maximum Gasteiger partial charge on any atom is 0.339 e. The number of rotatable bonds is 5. The zero-order chi connectivity index (χ0) is 18.0. The number of carbonyl (C=O) groups is 1. The molecule has 2 aromatic heterocycles. The predicted octanol–water partition coefficient (Wildman–Crippen LogP) is 3.63. The number of benzene rings is 1. The molecule has 3 aromatic rings. The van der Waals surface area contributed by atoms with Crippen molar-refractivity contribution in [1.29, 1.82) is 0 Å². The highest BCUT2D eigenvalue weighted by atomic mass is 32.1. The summed E-state index contributed by atoms with van der Waals surface area (Å²) < 4.78 is 5.75. The third kappa shape index (κ3) is 3.29. The maximum absolute atomic E-state index is 11.6. The first kappa shape index (κ1) is 16.8. The number of hydrogen-bond acceptors (Lipinski definition) is 7. The van der Waals surface area contributed by atoms with E-state index in [0.29, 0.717) is 6.54 Å². The Morgan fingerprint density at radius 1 is 1.40 bits per heavy atom. The second kappa shape index (κ2) is 6.86. The fraction of sp³-hybridized carbons (Fsp3) is 0.176. The molecule has 0 saturated heterocycles. The molecule has 0 aliphatic carbocycles. The number of hydrogen-bond donors (Lipinski definition) is 0. The summed E-state index contributed by atoms with van der Waals surface area (Å²) in [4.78, 5) is 28.2. The van der Waals surface area contributed by atoms with E-state index in [2.05, 4.69) is 9.72 Å². The summed E-state index contributed by atoms with van der Waals surface area (Å²) in [5, 5.41) is 14.5. The first-order valence-corrected chi connectivity index (χ1v) is 8.28. The van der Waals surface area contributed by atoms with Gasteiger partial charge >= 0.3 is 11.7 Å². The zero-order valence-electron chi connectivity index (χ0n) is 13.6. The second-order valence-electron chi connectivity index (χ2n) is 5.43. The number of ether oxygens (including phenoxy) is 1. The molecule has 3 rings (SSSR count). The van der Waals surface area contributed by atoms with Crippen LogP contribution in [0.3, 0.4) is 0 Å². The lowest BCUT2D eigenvalue weighted by Crippen LogP contribution is -2.19. The van der Waals surface area contributed by atoms with Gasteiger partial charge in [-0.25, -0.2) is 9.78 Å². The Kier molecular flexibility index (Phi) is 4.62. The topological polar surface area (TPSA) is 85.6 Å². The molecule has 0 saturated carbocycles. The van der Waals surface area contributed by atoms with E-state index in [0.717, 1.165) is 15.6 Å². The highest BCUT2D eigenvalue weighted by molar-refractivity contribution is 7.17. The fourth-order valence-corrected chi connectivity index (χ4v) is 3.54. The number of nitro groups is 1. The predicted molar refractivity (Wildman–Crippen MR) is 96.2 cm³/mol. The molecule has 0 aliphatic heterocycles. The normalized spacial score (nSPS) is 10.6. The van der Waals surface area contributed by atoms with Gasteiger partial charge in [-0.2, -0.15) is 0 Å². The van der Waals surface area contributed by atoms with Crippen LogP contribution in [0.15, 0.2) is 41.9 Å². The Balaban J connectivity index is 1.94. The summed E-state index contributed by atoms with van der Waals surface area (Å²) >= 11 is 1.63. The van der Waals surface area contributed by atoms with E-state index in [9.17, 15) is 14.9 Å². The van der Waals surface area contributed by atoms with Gasteiger partial charge in [0.15, 0.2) is 0 Å². The summed E-state index contributed by atoms with van der Waals surface area (Å²) in [6, 6.07) is 9.19. The van der Waals surface area contributed by atoms with E-state index in [-0.39, 0.29) is 17.1 Å². The van der Waals surface area contributed by atoms with Crippen molar-refractivity contribution in [1.82, 2.24) is 4.98 Å². The Bertz CT molecular complexity index is 954. The van der Waals surface area contributed by atoms with Crippen LogP contribution in [0.2, 0.25) is 0 Å². The minimum Gasteiger partial charge on any atom is -0.465 e. The Morgan fingerprint density at radius 3 is 2.88 bits per heavy atom. The number of methoxy groups -OCH3 is 1. The number of esters is 1. The number of anilines is 1. The van der Waals surface area contributed by atoms with Gasteiger partial charge in [0.05, 0.1) is 17.6 Å². The lowest BCUT2D eigenvalue weighted by molar-refractivity contribution is -0.384. The van der Waals surface area contributed by atoms with Crippen LogP contribution < -0.4 is 4.90 Å². The Hall–Kier alpha value is -3.00. The zero-order valence-corrected chi connectivity index (χ0v) is 14.4. The van der Waals surface area contributed by atoms with Crippen molar-refractivity contribution in [3.8, 4) is 0 Å². The fourth-order valence-electron chi connectivity index (χ4n) is 2.59. The molecule has 0 atom stereocenters. The van der Waals surface area contributed by atoms with Crippen molar-refractivity contribution in [3.63, 3.8) is 0 Å². The molecule has 128 valence electrons. The minimum absolute atomic E-state index is 0.0485. The highest BCUT2D eigenvalue weighted by Gasteiger charge is 2.22. The van der Waals surface area contributed by atoms with Gasteiger partial charge in [-0.05, 0) is 22.4 Å². The van der Waals surface area contributed by atoms with Gasteiger partial charge in [0.2, 0.25) is 5.82 Å². The molecule has 2 heterocycles. The standard InChI is InChI=1S/C17H15N3O4S/c1-19(9-12-10-25-15-6-4-3-5-13(12)15)16-14(20(22)23)7-11(8-18-16)17(21)24-2/h3-8,10H,9H2,1-2H3. The second-order valence-corrected chi connectivity index (χ2v) is 6.34. The summed E-state index contributed by atoms with van der Waals surface area (Å²) in [5.41, 5.74) is 0.883. The lowest BCUT2D eigenvalue weighted by atomic mass is 10.1. The molecular weight excluding hydrogens is 342 g/mol. The van der Waals surface area contributed by atoms with Crippen molar-refractivity contribution >= 4 is 38.9 Å². The summed E-state index contributed by atoms with van der Waals surface area (Å²) in [6.07, 6.45) is 1.29. The number of carbonyl (C=O) groups excluding carboxylic acids is 1. The van der Waals surface area contributed by atoms with E-state index in [1.165, 1.54) is 19.4 Å². The number of nitrogens with zero attached hydrogens (tertiary/aromatic N) is 3. The SMILES string of the molecule is COC(=O)c1cnc(N(C)Cc2csc3ccccc23)c([N+](=O)[O-])c1. The monoisotopic (exact) mass is 357 g/mol. The lowest BCUT2D eigenvalue weighted by Gasteiger charge is -2.18. The summed E-state index contributed by atoms with van der Waals surface area (Å²) in [7, 11) is 2.95. The van der Waals surface area contributed by atoms with E-state index in [1.54, 1.807) is 23.3 Å². The molecule has 25 heavy (non-hydrogen) atoms. The molecule has 0 unspecified atom stereocenters. The van der Waals surface area contributed by atoms with E-state index >= 15 is 0 Å². The molecule has 0 amide bonds. The molecule has 0 spiro atoms. The minimum atomic E-state index is -0.659. The Labute approximate surface area is 147 Å². The average Bonchev–Trinajstić information content (AvgIpc) is 3.03. The molecule has 0 N–H and O–H groups in total. The largest absolute Gasteiger partial charge is 0.465 e. The van der Waals surface area contributed by atoms with Crippen molar-refractivity contribution in [3.05, 3.63) is 63.1 Å². The molecule has 0 fully saturated rings. The number of fused-ring (bicyclic) bond motifs is 1. The van der Waals surface area contributed by atoms with Crippen molar-refractivity contribution in [2.75, 3.05) is 19.1 Å². The van der Waals surface area contributed by atoms with Gasteiger partial charge in [-0.3, -0.25) is 10.1 Å². The van der Waals surface area contributed by atoms with Gasteiger partial charge in [0.25, 0.3) is 0 Å². The van der Waals surface area contributed by atoms with Gasteiger partial charge < -0.3 is 9.64 Å². The molecule has 0 aliphatic rings. The van der Waals surface area contributed by atoms with Gasteiger partial charge in [0.1, 0.15) is 0 Å². The molecule has 0 bridgehead atoms. The average molecular weight is 357 g/mol. The summed E-state index contributed by atoms with van der Waals surface area (Å²) in [5.74, 6) is -0.457. The first-order valence-electron chi connectivity index (χ1n) is 7.40. The third-order valence-electron chi connectivity index (χ3n) is 3.80. The van der Waals surface area contributed by atoms with Crippen LogP contribution in [-0.4, -0.2) is 30.0 Å². The van der Waals surface area contributed by atoms with Gasteiger partial charge in [-0.1, -0.05) is 18.2 Å². The van der Waals surface area contributed by atoms with Crippen LogP contribution in [0.4, 0.5) is 11.5 Å². The van der Waals surface area contributed by atoms with Gasteiger partial charge in [0, 0.05) is 30.6 Å². The van der Waals surface area contributed by atoms with Crippen molar-refractivity contribution in [2.24, 2.45) is 0 Å². The third-order valence-corrected chi connectivity index (χ3v) is 4.81. The van der Waals surface area contributed by atoms with Crippen LogP contribution in [0, 0.1) is 10.1 Å². The molecule has 1 aromatic carbocycles. The van der Waals surface area contributed by atoms with Crippen LogP contribution >= 0.6 is 11.3 Å². The van der Waals surface area contributed by atoms with Crippen LogP contribution in [0.5, 0.6) is 0 Å². The Morgan fingerprint density at radius 2 is 2.16 bits per heavy atom. The van der Waals surface area contributed by atoms with Gasteiger partial charge in [-0.15, -0.1) is 11.3 Å². The smallest absolute Gasteiger partial charge is 0.339 e. The van der Waals surface area contributed by atoms with Crippen LogP contribution in [0.1, 0.15) is 15.9 Å². The molecule has 7 nitrogen and oxygen atoms in total. The molecule has 0 radical (unpaired) electrons. The van der Waals surface area contributed by atoms with E-state index < -0.39 is 10.9 Å². The van der Waals surface area contributed by atoms with E-state index in [1.807, 2.05) is 29.6 Å². The maximum atomic E-state index is 11.6. The van der Waals surface area contributed by atoms with E-state index in [4.69, 9.17) is 0 Å². The number of thiophene rings is 1. The highest BCUT2D eigenvalue weighted by Crippen LogP contribution is 2.30. The first-order chi connectivity index (χ1) is 12.0. The number of pyridine rings is 1. The van der Waals surface area contributed by atoms with Crippen LogP contribution in [0.25, 0.3) is 10.1 Å². The molecular formula is C17H15N3O4S.